The highest BCUT2D eigenvalue weighted by molar-refractivity contribution is 5.80. The molecule has 0 aromatic carbocycles. The first-order chi connectivity index (χ1) is 9.63. The van der Waals surface area contributed by atoms with Gasteiger partial charge in [0.1, 0.15) is 0 Å². The molecular formula is C16H28N2O2. The lowest BCUT2D eigenvalue weighted by Gasteiger charge is -2.32. The molecule has 0 bridgehead atoms. The fourth-order valence-corrected chi connectivity index (χ4v) is 2.87. The van der Waals surface area contributed by atoms with Crippen LogP contribution in [0.25, 0.3) is 0 Å². The smallest absolute Gasteiger partial charge is 0.241 e. The Bertz CT molecular complexity index is 361. The Balaban J connectivity index is 2.01. The Labute approximate surface area is 122 Å². The van der Waals surface area contributed by atoms with Crippen LogP contribution in [-0.4, -0.2) is 52.6 Å². The first-order valence-corrected chi connectivity index (χ1v) is 7.99. The Morgan fingerprint density at radius 2 is 2.15 bits per heavy atom. The molecule has 0 aromatic heterocycles. The fraction of sp³-hybridized carbons (Fsp3) is 0.812. The van der Waals surface area contributed by atoms with Crippen molar-refractivity contribution in [3.8, 4) is 0 Å². The van der Waals surface area contributed by atoms with Crippen LogP contribution in [-0.2, 0) is 4.79 Å². The first kappa shape index (κ1) is 15.5. The molecular weight excluding hydrogens is 252 g/mol. The highest BCUT2D eigenvalue weighted by atomic mass is 16.3. The Morgan fingerprint density at radius 1 is 1.40 bits per heavy atom. The SMILES string of the molecule is CC(C)N(CCO)CC(=O)N(C1=CCCCC1)C1CC1. The van der Waals surface area contributed by atoms with Crippen LogP contribution in [0.5, 0.6) is 0 Å². The summed E-state index contributed by atoms with van der Waals surface area (Å²) in [5.74, 6) is 0.211. The van der Waals surface area contributed by atoms with E-state index in [1.807, 2.05) is 0 Å². The molecule has 2 rings (SSSR count). The van der Waals surface area contributed by atoms with Crippen LogP contribution in [0.3, 0.4) is 0 Å². The molecule has 4 heteroatoms. The van der Waals surface area contributed by atoms with E-state index in [-0.39, 0.29) is 18.6 Å². The number of hydrogen-bond acceptors (Lipinski definition) is 3. The molecule has 1 amide bonds. The van der Waals surface area contributed by atoms with Gasteiger partial charge in [0, 0.05) is 24.3 Å². The molecule has 2 aliphatic carbocycles. The van der Waals surface area contributed by atoms with Crippen molar-refractivity contribution in [3.63, 3.8) is 0 Å². The predicted molar refractivity (Wildman–Crippen MR) is 80.2 cm³/mol. The minimum atomic E-state index is 0.109. The van der Waals surface area contributed by atoms with Gasteiger partial charge in [-0.15, -0.1) is 0 Å². The van der Waals surface area contributed by atoms with Crippen LogP contribution in [0.1, 0.15) is 52.4 Å². The summed E-state index contributed by atoms with van der Waals surface area (Å²) in [6, 6.07) is 0.725. The van der Waals surface area contributed by atoms with Gasteiger partial charge in [0.05, 0.1) is 13.2 Å². The lowest BCUT2D eigenvalue weighted by atomic mass is 10.0. The van der Waals surface area contributed by atoms with Gasteiger partial charge in [0.25, 0.3) is 0 Å². The van der Waals surface area contributed by atoms with Crippen molar-refractivity contribution < 1.29 is 9.90 Å². The highest BCUT2D eigenvalue weighted by Crippen LogP contribution is 2.33. The fourth-order valence-electron chi connectivity index (χ4n) is 2.87. The van der Waals surface area contributed by atoms with E-state index < -0.39 is 0 Å². The van der Waals surface area contributed by atoms with Gasteiger partial charge in [-0.1, -0.05) is 6.08 Å². The average molecular weight is 280 g/mol. The summed E-state index contributed by atoms with van der Waals surface area (Å²) in [6.45, 7) is 5.25. The number of rotatable bonds is 7. The van der Waals surface area contributed by atoms with E-state index >= 15 is 0 Å². The average Bonchev–Trinajstić information content (AvgIpc) is 3.24. The zero-order valence-corrected chi connectivity index (χ0v) is 12.8. The summed E-state index contributed by atoms with van der Waals surface area (Å²) in [6.07, 6.45) is 9.15. The topological polar surface area (TPSA) is 43.8 Å². The molecule has 1 saturated carbocycles. The number of carbonyl (C=O) groups is 1. The van der Waals surface area contributed by atoms with Crippen molar-refractivity contribution in [1.29, 1.82) is 0 Å². The van der Waals surface area contributed by atoms with Crippen molar-refractivity contribution in [2.75, 3.05) is 19.7 Å². The molecule has 0 unspecified atom stereocenters. The van der Waals surface area contributed by atoms with E-state index in [4.69, 9.17) is 5.11 Å². The molecule has 1 fully saturated rings. The van der Waals surface area contributed by atoms with Crippen LogP contribution in [0.4, 0.5) is 0 Å². The third-order valence-electron chi connectivity index (χ3n) is 4.21. The zero-order chi connectivity index (χ0) is 14.5. The maximum absolute atomic E-state index is 12.7. The van der Waals surface area contributed by atoms with Crippen molar-refractivity contribution in [2.45, 2.75) is 64.5 Å². The second-order valence-electron chi connectivity index (χ2n) is 6.22. The van der Waals surface area contributed by atoms with Crippen molar-refractivity contribution >= 4 is 5.91 Å². The minimum Gasteiger partial charge on any atom is -0.395 e. The summed E-state index contributed by atoms with van der Waals surface area (Å²) < 4.78 is 0. The highest BCUT2D eigenvalue weighted by Gasteiger charge is 2.35. The molecule has 1 N–H and O–H groups in total. The molecule has 0 aliphatic heterocycles. The molecule has 0 saturated heterocycles. The Hall–Kier alpha value is -0.870. The zero-order valence-electron chi connectivity index (χ0n) is 12.8. The molecule has 114 valence electrons. The molecule has 4 nitrogen and oxygen atoms in total. The number of hydrogen-bond donors (Lipinski definition) is 1. The normalized spacial score (nSPS) is 19.4. The quantitative estimate of drug-likeness (QED) is 0.777. The van der Waals surface area contributed by atoms with E-state index in [1.54, 1.807) is 0 Å². The van der Waals surface area contributed by atoms with E-state index in [0.717, 1.165) is 25.7 Å². The van der Waals surface area contributed by atoms with Gasteiger partial charge in [-0.05, 0) is 52.4 Å². The molecule has 0 atom stereocenters. The number of allylic oxidation sites excluding steroid dienone is 2. The largest absolute Gasteiger partial charge is 0.395 e. The number of aliphatic hydroxyl groups excluding tert-OH is 1. The molecule has 0 radical (unpaired) electrons. The van der Waals surface area contributed by atoms with Crippen LogP contribution < -0.4 is 0 Å². The van der Waals surface area contributed by atoms with Gasteiger partial charge in [0.2, 0.25) is 5.91 Å². The van der Waals surface area contributed by atoms with Gasteiger partial charge in [-0.25, -0.2) is 0 Å². The standard InChI is InChI=1S/C16H28N2O2/c1-13(2)17(10-11-19)12-16(20)18(15-8-9-15)14-6-4-3-5-7-14/h6,13,15,19H,3-5,7-12H2,1-2H3. The lowest BCUT2D eigenvalue weighted by Crippen LogP contribution is -2.44. The van der Waals surface area contributed by atoms with Gasteiger partial charge >= 0.3 is 0 Å². The van der Waals surface area contributed by atoms with Crippen molar-refractivity contribution in [2.24, 2.45) is 0 Å². The summed E-state index contributed by atoms with van der Waals surface area (Å²) in [7, 11) is 0. The molecule has 0 spiro atoms. The van der Waals surface area contributed by atoms with Crippen molar-refractivity contribution in [1.82, 2.24) is 9.80 Å². The second kappa shape index (κ2) is 7.23. The number of nitrogens with zero attached hydrogens (tertiary/aromatic N) is 2. The van der Waals surface area contributed by atoms with Gasteiger partial charge in [0.15, 0.2) is 0 Å². The Morgan fingerprint density at radius 3 is 2.65 bits per heavy atom. The van der Waals surface area contributed by atoms with E-state index in [0.29, 0.717) is 19.1 Å². The van der Waals surface area contributed by atoms with E-state index in [9.17, 15) is 4.79 Å². The summed E-state index contributed by atoms with van der Waals surface area (Å²) in [5.41, 5.74) is 1.25. The molecule has 0 heterocycles. The summed E-state index contributed by atoms with van der Waals surface area (Å²) in [4.78, 5) is 16.8. The summed E-state index contributed by atoms with van der Waals surface area (Å²) >= 11 is 0. The maximum atomic E-state index is 12.7. The van der Waals surface area contributed by atoms with Gasteiger partial charge in [-0.3, -0.25) is 9.69 Å². The number of aliphatic hydroxyl groups is 1. The van der Waals surface area contributed by atoms with E-state index in [2.05, 4.69) is 29.7 Å². The lowest BCUT2D eigenvalue weighted by molar-refractivity contribution is -0.131. The minimum absolute atomic E-state index is 0.109. The third kappa shape index (κ3) is 4.06. The van der Waals surface area contributed by atoms with Crippen LogP contribution >= 0.6 is 0 Å². The summed E-state index contributed by atoms with van der Waals surface area (Å²) in [5, 5.41) is 9.13. The van der Waals surface area contributed by atoms with Crippen LogP contribution in [0.2, 0.25) is 0 Å². The second-order valence-corrected chi connectivity index (χ2v) is 6.22. The van der Waals surface area contributed by atoms with Crippen LogP contribution in [0.15, 0.2) is 11.8 Å². The van der Waals surface area contributed by atoms with Crippen molar-refractivity contribution in [3.05, 3.63) is 11.8 Å². The monoisotopic (exact) mass is 280 g/mol. The molecule has 2 aliphatic rings. The number of amides is 1. The number of carbonyl (C=O) groups excluding carboxylic acids is 1. The first-order valence-electron chi connectivity index (χ1n) is 7.99. The maximum Gasteiger partial charge on any atom is 0.241 e. The van der Waals surface area contributed by atoms with E-state index in [1.165, 1.54) is 18.5 Å². The van der Waals surface area contributed by atoms with Gasteiger partial charge < -0.3 is 10.0 Å². The third-order valence-corrected chi connectivity index (χ3v) is 4.21. The van der Waals surface area contributed by atoms with Gasteiger partial charge in [-0.2, -0.15) is 0 Å². The Kier molecular flexibility index (Phi) is 5.61. The van der Waals surface area contributed by atoms with Crippen LogP contribution in [0, 0.1) is 0 Å². The predicted octanol–water partition coefficient (Wildman–Crippen LogP) is 2.14. The molecule has 0 aromatic rings. The molecule has 20 heavy (non-hydrogen) atoms.